The molecule has 0 aromatic heterocycles. The Kier molecular flexibility index (Phi) is 2.34. The van der Waals surface area contributed by atoms with E-state index in [1.165, 1.54) is 0 Å². The molecule has 0 radical (unpaired) electrons. The van der Waals surface area contributed by atoms with Crippen molar-refractivity contribution >= 4 is 5.96 Å². The number of aliphatic hydroxyl groups is 1. The van der Waals surface area contributed by atoms with Crippen LogP contribution in [0.3, 0.4) is 0 Å². The van der Waals surface area contributed by atoms with Crippen molar-refractivity contribution in [3.05, 3.63) is 0 Å². The fraction of sp³-hybridized carbons (Fsp3) is 0.857. The molecule has 0 unspecified atom stereocenters. The molecule has 1 saturated carbocycles. The number of hydrogen-bond acceptors (Lipinski definition) is 2. The van der Waals surface area contributed by atoms with Gasteiger partial charge in [0.2, 0.25) is 0 Å². The van der Waals surface area contributed by atoms with Gasteiger partial charge in [0.05, 0.1) is 12.1 Å². The Morgan fingerprint density at radius 2 is 2.36 bits per heavy atom. The van der Waals surface area contributed by atoms with E-state index >= 15 is 0 Å². The highest BCUT2D eigenvalue weighted by molar-refractivity contribution is 5.79. The normalized spacial score (nSPS) is 21.5. The molecule has 4 heteroatoms. The molecule has 0 atom stereocenters. The zero-order chi connectivity index (χ0) is 8.32. The van der Waals surface area contributed by atoms with Gasteiger partial charge in [0.1, 0.15) is 0 Å². The smallest absolute Gasteiger partial charge is 0.189 e. The highest BCUT2D eigenvalue weighted by atomic mass is 16.3. The zero-order valence-corrected chi connectivity index (χ0v) is 6.80. The van der Waals surface area contributed by atoms with Gasteiger partial charge in [-0.2, -0.15) is 0 Å². The van der Waals surface area contributed by atoms with Gasteiger partial charge >= 0.3 is 0 Å². The Bertz CT molecular complexity index is 163. The van der Waals surface area contributed by atoms with Gasteiger partial charge in [0.25, 0.3) is 0 Å². The Morgan fingerprint density at radius 1 is 1.73 bits per heavy atom. The first kappa shape index (κ1) is 8.33. The van der Waals surface area contributed by atoms with Gasteiger partial charge in [0, 0.05) is 6.54 Å². The fourth-order valence-electron chi connectivity index (χ4n) is 0.955. The monoisotopic (exact) mass is 157 g/mol. The molecule has 0 aliphatic heterocycles. The maximum Gasteiger partial charge on any atom is 0.189 e. The summed E-state index contributed by atoms with van der Waals surface area (Å²) >= 11 is 0. The van der Waals surface area contributed by atoms with E-state index in [4.69, 9.17) is 10.8 Å². The van der Waals surface area contributed by atoms with Crippen molar-refractivity contribution in [3.8, 4) is 0 Å². The summed E-state index contributed by atoms with van der Waals surface area (Å²) < 4.78 is 0. The third kappa shape index (κ3) is 2.08. The predicted octanol–water partition coefficient (Wildman–Crippen LogP) is -0.564. The number of nitrogens with one attached hydrogen (secondary N) is 1. The molecule has 0 saturated heterocycles. The van der Waals surface area contributed by atoms with Crippen molar-refractivity contribution in [2.45, 2.75) is 25.3 Å². The van der Waals surface area contributed by atoms with Crippen LogP contribution in [0.1, 0.15) is 19.8 Å². The largest absolute Gasteiger partial charge is 0.394 e. The van der Waals surface area contributed by atoms with Crippen molar-refractivity contribution in [2.24, 2.45) is 10.7 Å². The van der Waals surface area contributed by atoms with Crippen LogP contribution < -0.4 is 11.1 Å². The van der Waals surface area contributed by atoms with E-state index in [9.17, 15) is 0 Å². The van der Waals surface area contributed by atoms with E-state index in [2.05, 4.69) is 10.3 Å². The van der Waals surface area contributed by atoms with Gasteiger partial charge in [-0.1, -0.05) is 0 Å². The van der Waals surface area contributed by atoms with Crippen molar-refractivity contribution in [1.29, 1.82) is 0 Å². The molecule has 0 bridgehead atoms. The van der Waals surface area contributed by atoms with Crippen LogP contribution in [-0.4, -0.2) is 29.8 Å². The number of guanidine groups is 1. The van der Waals surface area contributed by atoms with E-state index < -0.39 is 0 Å². The molecular formula is C7H15N3O. The van der Waals surface area contributed by atoms with Crippen LogP contribution in [0.5, 0.6) is 0 Å². The number of aliphatic imine (C=N–C) groups is 1. The molecule has 0 aromatic carbocycles. The van der Waals surface area contributed by atoms with E-state index in [0.29, 0.717) is 12.5 Å². The Hall–Kier alpha value is -0.770. The van der Waals surface area contributed by atoms with Crippen LogP contribution in [0.15, 0.2) is 4.99 Å². The number of rotatable bonds is 3. The molecule has 64 valence electrons. The Labute approximate surface area is 66.5 Å². The van der Waals surface area contributed by atoms with E-state index in [1.807, 2.05) is 6.92 Å². The van der Waals surface area contributed by atoms with Crippen LogP contribution >= 0.6 is 0 Å². The van der Waals surface area contributed by atoms with E-state index in [-0.39, 0.29) is 12.1 Å². The second kappa shape index (κ2) is 3.09. The standard InChI is InChI=1S/C7H15N3O/c1-2-9-6(8)10-7(5-11)3-4-7/h11H,2-5H2,1H3,(H3,8,9,10). The lowest BCUT2D eigenvalue weighted by molar-refractivity contribution is 0.245. The number of nitrogens with two attached hydrogens (primary N) is 1. The van der Waals surface area contributed by atoms with Crippen molar-refractivity contribution in [1.82, 2.24) is 5.32 Å². The summed E-state index contributed by atoms with van der Waals surface area (Å²) in [4.78, 5) is 3.97. The molecule has 1 aliphatic rings. The second-order valence-electron chi connectivity index (χ2n) is 2.92. The van der Waals surface area contributed by atoms with Crippen LogP contribution in [0, 0.1) is 0 Å². The number of nitrogens with zero attached hydrogens (tertiary/aromatic N) is 1. The lowest BCUT2D eigenvalue weighted by Gasteiger charge is -2.14. The summed E-state index contributed by atoms with van der Waals surface area (Å²) in [6.45, 7) is 2.75. The molecule has 1 fully saturated rings. The highest BCUT2D eigenvalue weighted by Crippen LogP contribution is 2.34. The third-order valence-electron chi connectivity index (χ3n) is 1.88. The van der Waals surface area contributed by atoms with Crippen molar-refractivity contribution in [2.75, 3.05) is 13.2 Å². The summed E-state index contributed by atoms with van der Waals surface area (Å²) in [7, 11) is 0. The highest BCUT2D eigenvalue weighted by Gasteiger charge is 2.42. The molecule has 4 N–H and O–H groups in total. The first-order valence-corrected chi connectivity index (χ1v) is 3.91. The summed E-state index contributed by atoms with van der Waals surface area (Å²) in [5.74, 6) is 0.444. The zero-order valence-electron chi connectivity index (χ0n) is 6.80. The van der Waals surface area contributed by atoms with Crippen molar-refractivity contribution < 1.29 is 5.11 Å². The molecule has 0 aromatic rings. The van der Waals surface area contributed by atoms with Crippen LogP contribution in [0.4, 0.5) is 0 Å². The van der Waals surface area contributed by atoms with E-state index in [1.54, 1.807) is 0 Å². The molecule has 0 amide bonds. The number of aliphatic hydroxyl groups excluding tert-OH is 1. The Morgan fingerprint density at radius 3 is 2.73 bits per heavy atom. The SMILES string of the molecule is CCN=C(N)NC1(CO)CC1. The first-order chi connectivity index (χ1) is 5.22. The van der Waals surface area contributed by atoms with Gasteiger partial charge in [-0.25, -0.2) is 0 Å². The van der Waals surface area contributed by atoms with Crippen LogP contribution in [0.25, 0.3) is 0 Å². The first-order valence-electron chi connectivity index (χ1n) is 3.91. The summed E-state index contributed by atoms with van der Waals surface area (Å²) in [6, 6.07) is 0. The lowest BCUT2D eigenvalue weighted by atomic mass is 10.3. The van der Waals surface area contributed by atoms with Crippen LogP contribution in [0.2, 0.25) is 0 Å². The molecule has 1 aliphatic carbocycles. The van der Waals surface area contributed by atoms with Crippen LogP contribution in [-0.2, 0) is 0 Å². The second-order valence-corrected chi connectivity index (χ2v) is 2.92. The molecule has 0 heterocycles. The van der Waals surface area contributed by atoms with Gasteiger partial charge in [0.15, 0.2) is 5.96 Å². The van der Waals surface area contributed by atoms with Gasteiger partial charge in [-0.3, -0.25) is 4.99 Å². The summed E-state index contributed by atoms with van der Waals surface area (Å²) in [5.41, 5.74) is 5.38. The third-order valence-corrected chi connectivity index (χ3v) is 1.88. The molecule has 11 heavy (non-hydrogen) atoms. The summed E-state index contributed by atoms with van der Waals surface area (Å²) in [5, 5.41) is 11.9. The average molecular weight is 157 g/mol. The minimum Gasteiger partial charge on any atom is -0.394 e. The number of hydrogen-bond donors (Lipinski definition) is 3. The molecular weight excluding hydrogens is 142 g/mol. The maximum atomic E-state index is 8.90. The van der Waals surface area contributed by atoms with Gasteiger partial charge in [-0.05, 0) is 19.8 Å². The Balaban J connectivity index is 2.35. The van der Waals surface area contributed by atoms with E-state index in [0.717, 1.165) is 12.8 Å². The molecule has 0 spiro atoms. The topological polar surface area (TPSA) is 70.6 Å². The lowest BCUT2D eigenvalue weighted by Crippen LogP contribution is -2.44. The van der Waals surface area contributed by atoms with Gasteiger partial charge < -0.3 is 16.2 Å². The average Bonchev–Trinajstić information content (AvgIpc) is 2.70. The minimum absolute atomic E-state index is 0.136. The molecule has 4 nitrogen and oxygen atoms in total. The minimum atomic E-state index is -0.136. The quantitative estimate of drug-likeness (QED) is 0.380. The van der Waals surface area contributed by atoms with Crippen molar-refractivity contribution in [3.63, 3.8) is 0 Å². The van der Waals surface area contributed by atoms with Gasteiger partial charge in [-0.15, -0.1) is 0 Å². The molecule has 1 rings (SSSR count). The summed E-state index contributed by atoms with van der Waals surface area (Å²) in [6.07, 6.45) is 1.98. The predicted molar refractivity (Wildman–Crippen MR) is 44.3 cm³/mol. The maximum absolute atomic E-state index is 8.90. The fourth-order valence-corrected chi connectivity index (χ4v) is 0.955.